The van der Waals surface area contributed by atoms with Crippen LogP contribution in [-0.4, -0.2) is 34.5 Å². The molecule has 1 aliphatic rings. The van der Waals surface area contributed by atoms with E-state index in [9.17, 15) is 15.0 Å². The van der Waals surface area contributed by atoms with E-state index in [1.165, 1.54) is 0 Å². The maximum absolute atomic E-state index is 11.4. The molecule has 16 heavy (non-hydrogen) atoms. The fourth-order valence-corrected chi connectivity index (χ4v) is 1.95. The number of cyclic esters (lactones) is 1. The fraction of sp³-hybridized carbons (Fsp3) is 0.917. The topological polar surface area (TPSA) is 66.8 Å². The van der Waals surface area contributed by atoms with Crippen LogP contribution in [0.1, 0.15) is 34.1 Å². The van der Waals surface area contributed by atoms with Crippen molar-refractivity contribution in [3.8, 4) is 0 Å². The minimum absolute atomic E-state index is 0.124. The lowest BCUT2D eigenvalue weighted by atomic mass is 9.83. The predicted molar refractivity (Wildman–Crippen MR) is 59.7 cm³/mol. The second-order valence-electron chi connectivity index (χ2n) is 5.16. The van der Waals surface area contributed by atoms with Crippen molar-refractivity contribution in [2.75, 3.05) is 0 Å². The van der Waals surface area contributed by atoms with Gasteiger partial charge in [-0.25, -0.2) is 0 Å². The van der Waals surface area contributed by atoms with Crippen LogP contribution in [0, 0.1) is 17.8 Å². The van der Waals surface area contributed by atoms with Gasteiger partial charge < -0.3 is 14.9 Å². The van der Waals surface area contributed by atoms with E-state index in [0.717, 1.165) is 0 Å². The molecule has 1 aliphatic heterocycles. The number of hydrogen-bond acceptors (Lipinski definition) is 4. The van der Waals surface area contributed by atoms with Gasteiger partial charge in [-0.2, -0.15) is 0 Å². The molecule has 0 bridgehead atoms. The number of carbonyl (C=O) groups excluding carboxylic acids is 1. The Kier molecular flexibility index (Phi) is 4.33. The molecule has 1 saturated heterocycles. The first kappa shape index (κ1) is 13.5. The predicted octanol–water partition coefficient (Wildman–Crippen LogP) is 0.952. The lowest BCUT2D eigenvalue weighted by Crippen LogP contribution is -2.48. The average molecular weight is 230 g/mol. The molecule has 1 heterocycles. The summed E-state index contributed by atoms with van der Waals surface area (Å²) in [6.07, 6.45) is -1.16. The monoisotopic (exact) mass is 230 g/mol. The van der Waals surface area contributed by atoms with Gasteiger partial charge in [0, 0.05) is 12.3 Å². The molecule has 1 rings (SSSR count). The summed E-state index contributed by atoms with van der Waals surface area (Å²) in [6, 6.07) is 0. The molecule has 1 unspecified atom stereocenters. The molecule has 0 aromatic heterocycles. The van der Waals surface area contributed by atoms with Crippen molar-refractivity contribution in [3.05, 3.63) is 0 Å². The average Bonchev–Trinajstić information content (AvgIpc) is 2.22. The van der Waals surface area contributed by atoms with Gasteiger partial charge in [-0.05, 0) is 12.8 Å². The summed E-state index contributed by atoms with van der Waals surface area (Å²) in [6.45, 7) is 7.35. The van der Waals surface area contributed by atoms with Crippen LogP contribution in [0.25, 0.3) is 0 Å². The molecule has 2 N–H and O–H groups in total. The third-order valence-corrected chi connectivity index (χ3v) is 3.52. The second-order valence-corrected chi connectivity index (χ2v) is 5.16. The molecule has 5 atom stereocenters. The zero-order valence-electron chi connectivity index (χ0n) is 10.4. The van der Waals surface area contributed by atoms with Crippen LogP contribution in [0.2, 0.25) is 0 Å². The fourth-order valence-electron chi connectivity index (χ4n) is 1.95. The Balaban J connectivity index is 2.64. The maximum atomic E-state index is 11.4. The van der Waals surface area contributed by atoms with E-state index in [2.05, 4.69) is 0 Å². The van der Waals surface area contributed by atoms with Gasteiger partial charge in [0.05, 0.1) is 18.1 Å². The number of hydrogen-bond donors (Lipinski definition) is 2. The third kappa shape index (κ3) is 2.74. The van der Waals surface area contributed by atoms with Gasteiger partial charge >= 0.3 is 5.97 Å². The SMILES string of the molecule is CC(C)[C@@H](O)C[C@@H]1OC(=O)[C@H](C)[C@@H](O)C1C. The smallest absolute Gasteiger partial charge is 0.311 e. The molecule has 94 valence electrons. The minimum atomic E-state index is -0.675. The molecule has 0 saturated carbocycles. The van der Waals surface area contributed by atoms with Crippen LogP contribution < -0.4 is 0 Å². The zero-order chi connectivity index (χ0) is 12.5. The van der Waals surface area contributed by atoms with Crippen molar-refractivity contribution in [2.45, 2.75) is 52.4 Å². The van der Waals surface area contributed by atoms with Gasteiger partial charge in [0.15, 0.2) is 0 Å². The van der Waals surface area contributed by atoms with Crippen molar-refractivity contribution in [2.24, 2.45) is 17.8 Å². The van der Waals surface area contributed by atoms with Gasteiger partial charge in [-0.15, -0.1) is 0 Å². The van der Waals surface area contributed by atoms with Gasteiger partial charge in [0.25, 0.3) is 0 Å². The van der Waals surface area contributed by atoms with E-state index >= 15 is 0 Å². The second kappa shape index (κ2) is 5.15. The lowest BCUT2D eigenvalue weighted by molar-refractivity contribution is -0.180. The Labute approximate surface area is 96.6 Å². The standard InChI is InChI=1S/C12H22O4/c1-6(2)9(13)5-10-7(3)11(14)8(4)12(15)16-10/h6-11,13-14H,5H2,1-4H3/t7?,8-,9+,10+,11+/m1/s1. The van der Waals surface area contributed by atoms with Crippen LogP contribution in [-0.2, 0) is 9.53 Å². The first-order chi connectivity index (χ1) is 7.34. The van der Waals surface area contributed by atoms with E-state index < -0.39 is 18.1 Å². The molecule has 4 nitrogen and oxygen atoms in total. The lowest BCUT2D eigenvalue weighted by Gasteiger charge is -2.37. The molecule has 0 radical (unpaired) electrons. The molecule has 0 aromatic rings. The Hall–Kier alpha value is -0.610. The van der Waals surface area contributed by atoms with Crippen LogP contribution in [0.15, 0.2) is 0 Å². The Bertz CT molecular complexity index is 251. The maximum Gasteiger partial charge on any atom is 0.311 e. The number of esters is 1. The van der Waals surface area contributed by atoms with E-state index in [-0.39, 0.29) is 23.9 Å². The molecular weight excluding hydrogens is 208 g/mol. The molecule has 0 aliphatic carbocycles. The van der Waals surface area contributed by atoms with Crippen molar-refractivity contribution in [1.82, 2.24) is 0 Å². The summed E-state index contributed by atoms with van der Waals surface area (Å²) >= 11 is 0. The highest BCUT2D eigenvalue weighted by Gasteiger charge is 2.41. The third-order valence-electron chi connectivity index (χ3n) is 3.52. The first-order valence-electron chi connectivity index (χ1n) is 5.91. The van der Waals surface area contributed by atoms with Gasteiger partial charge in [0.1, 0.15) is 6.10 Å². The summed E-state index contributed by atoms with van der Waals surface area (Å²) in [5, 5.41) is 19.6. The van der Waals surface area contributed by atoms with Crippen LogP contribution in [0.4, 0.5) is 0 Å². The summed E-state index contributed by atoms with van der Waals surface area (Å²) in [4.78, 5) is 11.4. The molecule has 1 fully saturated rings. The highest BCUT2D eigenvalue weighted by molar-refractivity contribution is 5.73. The summed E-state index contributed by atoms with van der Waals surface area (Å²) in [5.41, 5.74) is 0. The molecular formula is C12H22O4. The van der Waals surface area contributed by atoms with Crippen LogP contribution >= 0.6 is 0 Å². The number of ether oxygens (including phenoxy) is 1. The van der Waals surface area contributed by atoms with E-state index in [4.69, 9.17) is 4.74 Å². The molecule has 0 aromatic carbocycles. The summed E-state index contributed by atoms with van der Waals surface area (Å²) < 4.78 is 5.24. The summed E-state index contributed by atoms with van der Waals surface area (Å²) in [5.74, 6) is -0.836. The van der Waals surface area contributed by atoms with Crippen molar-refractivity contribution in [1.29, 1.82) is 0 Å². The Morgan fingerprint density at radius 1 is 1.38 bits per heavy atom. The normalized spacial score (nSPS) is 37.3. The van der Waals surface area contributed by atoms with Gasteiger partial charge in [-0.1, -0.05) is 20.8 Å². The first-order valence-corrected chi connectivity index (χ1v) is 5.91. The molecule has 0 amide bonds. The minimum Gasteiger partial charge on any atom is -0.462 e. The quantitative estimate of drug-likeness (QED) is 0.708. The zero-order valence-corrected chi connectivity index (χ0v) is 10.4. The van der Waals surface area contributed by atoms with Crippen molar-refractivity contribution >= 4 is 5.97 Å². The van der Waals surface area contributed by atoms with E-state index in [1.54, 1.807) is 6.92 Å². The number of rotatable bonds is 3. The molecule has 0 spiro atoms. The highest BCUT2D eigenvalue weighted by Crippen LogP contribution is 2.29. The van der Waals surface area contributed by atoms with Crippen molar-refractivity contribution < 1.29 is 19.7 Å². The van der Waals surface area contributed by atoms with Crippen LogP contribution in [0.5, 0.6) is 0 Å². The van der Waals surface area contributed by atoms with Crippen LogP contribution in [0.3, 0.4) is 0 Å². The number of aliphatic hydroxyl groups excluding tert-OH is 2. The highest BCUT2D eigenvalue weighted by atomic mass is 16.5. The van der Waals surface area contributed by atoms with Gasteiger partial charge in [0.2, 0.25) is 0 Å². The van der Waals surface area contributed by atoms with Crippen molar-refractivity contribution in [3.63, 3.8) is 0 Å². The Morgan fingerprint density at radius 3 is 2.44 bits per heavy atom. The largest absolute Gasteiger partial charge is 0.462 e. The molecule has 4 heteroatoms. The summed E-state index contributed by atoms with van der Waals surface area (Å²) in [7, 11) is 0. The van der Waals surface area contributed by atoms with Gasteiger partial charge in [-0.3, -0.25) is 4.79 Å². The number of aliphatic hydroxyl groups is 2. The van der Waals surface area contributed by atoms with E-state index in [1.807, 2.05) is 20.8 Å². The number of carbonyl (C=O) groups is 1. The van der Waals surface area contributed by atoms with E-state index in [0.29, 0.717) is 6.42 Å². The Morgan fingerprint density at radius 2 is 1.94 bits per heavy atom.